The van der Waals surface area contributed by atoms with Crippen LogP contribution in [0.15, 0.2) is 54.6 Å². The van der Waals surface area contributed by atoms with E-state index in [1.54, 1.807) is 17.0 Å². The number of aryl methyl sites for hydroxylation is 1. The second-order valence-corrected chi connectivity index (χ2v) is 11.1. The molecule has 0 unspecified atom stereocenters. The van der Waals surface area contributed by atoms with Crippen LogP contribution in [-0.4, -0.2) is 50.0 Å². The number of benzene rings is 2. The first-order valence-corrected chi connectivity index (χ1v) is 14.7. The summed E-state index contributed by atoms with van der Waals surface area (Å²) in [6.45, 7) is 8.40. The Hall–Kier alpha value is -2.87. The fourth-order valence-corrected chi connectivity index (χ4v) is 5.01. The molecule has 0 aromatic heterocycles. The van der Waals surface area contributed by atoms with Gasteiger partial charge in [-0.05, 0) is 55.9 Å². The van der Waals surface area contributed by atoms with Crippen molar-refractivity contribution in [3.63, 3.8) is 0 Å². The molecule has 0 aliphatic rings. The summed E-state index contributed by atoms with van der Waals surface area (Å²) in [7, 11) is -3.51. The molecule has 2 rings (SSSR count). The van der Waals surface area contributed by atoms with Gasteiger partial charge < -0.3 is 10.2 Å². The maximum atomic E-state index is 13.4. The van der Waals surface area contributed by atoms with Gasteiger partial charge >= 0.3 is 0 Å². The van der Waals surface area contributed by atoms with Crippen LogP contribution in [0.4, 0.5) is 5.69 Å². The lowest BCUT2D eigenvalue weighted by Crippen LogP contribution is -2.50. The Morgan fingerprint density at radius 1 is 0.917 bits per heavy atom. The van der Waals surface area contributed by atoms with Gasteiger partial charge in [0.2, 0.25) is 21.8 Å². The maximum Gasteiger partial charge on any atom is 0.243 e. The van der Waals surface area contributed by atoms with E-state index in [9.17, 15) is 18.0 Å². The summed E-state index contributed by atoms with van der Waals surface area (Å²) in [5.41, 5.74) is 2.65. The minimum absolute atomic E-state index is 0.0163. The fraction of sp³-hybridized carbons (Fsp3) is 0.500. The molecule has 2 aromatic rings. The molecule has 0 bridgehead atoms. The fourth-order valence-electron chi connectivity index (χ4n) is 4.04. The van der Waals surface area contributed by atoms with Crippen molar-refractivity contribution in [3.05, 3.63) is 65.7 Å². The predicted molar refractivity (Wildman–Crippen MR) is 146 cm³/mol. The van der Waals surface area contributed by atoms with E-state index in [1.165, 1.54) is 10.6 Å². The van der Waals surface area contributed by atoms with Gasteiger partial charge in [0.15, 0.2) is 0 Å². The number of carbonyl (C=O) groups is 2. The first kappa shape index (κ1) is 29.4. The van der Waals surface area contributed by atoms with Crippen LogP contribution in [0.5, 0.6) is 0 Å². The molecule has 8 heteroatoms. The largest absolute Gasteiger partial charge is 0.352 e. The highest BCUT2D eigenvalue weighted by Crippen LogP contribution is 2.20. The molecule has 36 heavy (non-hydrogen) atoms. The molecule has 0 fully saturated rings. The highest BCUT2D eigenvalue weighted by atomic mass is 32.2. The Bertz CT molecular complexity index is 1070. The topological polar surface area (TPSA) is 86.8 Å². The average molecular weight is 516 g/mol. The zero-order valence-electron chi connectivity index (χ0n) is 22.2. The van der Waals surface area contributed by atoms with Gasteiger partial charge in [-0.25, -0.2) is 8.42 Å². The average Bonchev–Trinajstić information content (AvgIpc) is 2.86. The van der Waals surface area contributed by atoms with E-state index in [0.717, 1.165) is 24.0 Å². The highest BCUT2D eigenvalue weighted by Gasteiger charge is 2.29. The lowest BCUT2D eigenvalue weighted by Gasteiger charge is -2.32. The van der Waals surface area contributed by atoms with Crippen LogP contribution in [0.2, 0.25) is 0 Å². The van der Waals surface area contributed by atoms with Crippen molar-refractivity contribution in [3.8, 4) is 0 Å². The van der Waals surface area contributed by atoms with Crippen LogP contribution < -0.4 is 9.62 Å². The minimum Gasteiger partial charge on any atom is -0.352 e. The number of rotatable bonds is 14. The third-order valence-corrected chi connectivity index (χ3v) is 7.56. The van der Waals surface area contributed by atoms with E-state index in [-0.39, 0.29) is 30.8 Å². The molecular formula is C28H41N3O4S. The van der Waals surface area contributed by atoms with Crippen LogP contribution in [0.25, 0.3) is 0 Å². The first-order valence-electron chi connectivity index (χ1n) is 12.8. The van der Waals surface area contributed by atoms with Gasteiger partial charge in [-0.3, -0.25) is 13.9 Å². The molecule has 2 amide bonds. The van der Waals surface area contributed by atoms with Crippen LogP contribution in [0.1, 0.15) is 64.5 Å². The molecule has 0 aliphatic carbocycles. The lowest BCUT2D eigenvalue weighted by molar-refractivity contribution is -0.141. The van der Waals surface area contributed by atoms with Crippen molar-refractivity contribution in [2.75, 3.05) is 17.1 Å². The van der Waals surface area contributed by atoms with E-state index >= 15 is 0 Å². The van der Waals surface area contributed by atoms with Gasteiger partial charge in [-0.1, -0.05) is 63.2 Å². The third kappa shape index (κ3) is 8.66. The van der Waals surface area contributed by atoms with Crippen molar-refractivity contribution >= 4 is 27.5 Å². The van der Waals surface area contributed by atoms with Gasteiger partial charge in [0.05, 0.1) is 11.9 Å². The predicted octanol–water partition coefficient (Wildman–Crippen LogP) is 4.52. The second-order valence-electron chi connectivity index (χ2n) is 9.21. The number of anilines is 1. The summed E-state index contributed by atoms with van der Waals surface area (Å²) in [4.78, 5) is 28.1. The van der Waals surface area contributed by atoms with Gasteiger partial charge in [-0.15, -0.1) is 0 Å². The van der Waals surface area contributed by atoms with Crippen LogP contribution >= 0.6 is 0 Å². The monoisotopic (exact) mass is 515 g/mol. The molecule has 7 nitrogen and oxygen atoms in total. The van der Waals surface area contributed by atoms with Crippen LogP contribution in [-0.2, 0) is 32.6 Å². The number of nitrogens with one attached hydrogen (secondary N) is 1. The van der Waals surface area contributed by atoms with Gasteiger partial charge in [0, 0.05) is 25.6 Å². The molecule has 2 atom stereocenters. The number of sulfonamides is 1. The Balaban J connectivity index is 2.18. The molecule has 2 aromatic carbocycles. The Labute approximate surface area is 216 Å². The maximum absolute atomic E-state index is 13.4. The molecule has 0 radical (unpaired) electrons. The molecular weight excluding hydrogens is 474 g/mol. The van der Waals surface area contributed by atoms with Crippen molar-refractivity contribution in [1.29, 1.82) is 0 Å². The van der Waals surface area contributed by atoms with E-state index in [1.807, 2.05) is 70.2 Å². The van der Waals surface area contributed by atoms with Gasteiger partial charge in [0.1, 0.15) is 6.04 Å². The number of hydrogen-bond donors (Lipinski definition) is 1. The lowest BCUT2D eigenvalue weighted by atomic mass is 10.1. The summed E-state index contributed by atoms with van der Waals surface area (Å²) >= 11 is 0. The number of hydrogen-bond acceptors (Lipinski definition) is 4. The third-order valence-electron chi connectivity index (χ3n) is 6.37. The van der Waals surface area contributed by atoms with Crippen molar-refractivity contribution in [2.24, 2.45) is 0 Å². The van der Waals surface area contributed by atoms with Gasteiger partial charge in [0.25, 0.3) is 0 Å². The molecule has 1 N–H and O–H groups in total. The first-order chi connectivity index (χ1) is 17.1. The Morgan fingerprint density at radius 3 is 2.08 bits per heavy atom. The van der Waals surface area contributed by atoms with Crippen molar-refractivity contribution in [2.45, 2.75) is 78.4 Å². The molecule has 0 heterocycles. The Morgan fingerprint density at radius 2 is 1.56 bits per heavy atom. The van der Waals surface area contributed by atoms with E-state index in [2.05, 4.69) is 5.32 Å². The number of carbonyl (C=O) groups excluding carboxylic acids is 2. The summed E-state index contributed by atoms with van der Waals surface area (Å²) in [6.07, 6.45) is 3.81. The normalized spacial score (nSPS) is 13.0. The van der Waals surface area contributed by atoms with E-state index in [4.69, 9.17) is 0 Å². The SMILES string of the molecule is CCc1ccc(N(CCCC(=O)N(Cc2ccccc2)[C@@H](CC)C(=O)N[C@@H](C)CC)S(C)(=O)=O)cc1. The summed E-state index contributed by atoms with van der Waals surface area (Å²) < 4.78 is 26.3. The summed E-state index contributed by atoms with van der Waals surface area (Å²) in [5, 5.41) is 3.01. The summed E-state index contributed by atoms with van der Waals surface area (Å²) in [6, 6.07) is 16.5. The molecule has 0 spiro atoms. The van der Waals surface area contributed by atoms with E-state index in [0.29, 0.717) is 25.1 Å². The molecule has 0 saturated carbocycles. The second kappa shape index (κ2) is 14.0. The number of nitrogens with zero attached hydrogens (tertiary/aromatic N) is 2. The zero-order chi connectivity index (χ0) is 26.7. The minimum atomic E-state index is -3.51. The standard InChI is InChI=1S/C28H41N3O4S/c1-6-22(4)29-28(33)26(8-3)30(21-24-13-10-9-11-14-24)27(32)15-12-20-31(36(5,34)35)25-18-16-23(7-2)17-19-25/h9-11,13-14,16-19,22,26H,6-8,12,15,20-21H2,1-5H3,(H,29,33)/t22-,26-/m0/s1. The zero-order valence-corrected chi connectivity index (χ0v) is 23.1. The molecule has 0 aliphatic heterocycles. The van der Waals surface area contributed by atoms with Crippen molar-refractivity contribution in [1.82, 2.24) is 10.2 Å². The molecule has 0 saturated heterocycles. The summed E-state index contributed by atoms with van der Waals surface area (Å²) in [5.74, 6) is -0.329. The van der Waals surface area contributed by atoms with Gasteiger partial charge in [-0.2, -0.15) is 0 Å². The smallest absolute Gasteiger partial charge is 0.243 e. The number of amides is 2. The Kier molecular flexibility index (Phi) is 11.4. The quantitative estimate of drug-likeness (QED) is 0.401. The highest BCUT2D eigenvalue weighted by molar-refractivity contribution is 7.92. The molecule has 198 valence electrons. The van der Waals surface area contributed by atoms with E-state index < -0.39 is 16.1 Å². The van der Waals surface area contributed by atoms with Crippen molar-refractivity contribution < 1.29 is 18.0 Å². The van der Waals surface area contributed by atoms with Crippen LogP contribution in [0.3, 0.4) is 0 Å². The van der Waals surface area contributed by atoms with Crippen LogP contribution in [0, 0.1) is 0 Å².